The average Bonchev–Trinajstić information content (AvgIpc) is 3.66. The van der Waals surface area contributed by atoms with Gasteiger partial charge >= 0.3 is 0 Å². The number of carbonyl (C=O) groups is 2. The van der Waals surface area contributed by atoms with Crippen LogP contribution in [0.2, 0.25) is 5.02 Å². The molecule has 0 bridgehead atoms. The SMILES string of the molecule is O=C(NC1CCCC1)[C@@H](Cc1ccccc1)N(Cc1cccc(Cl)c1)C(=O)CN(c1ccc(Oc2ccccc2)cc1)S(=O)(=O)c1ccccc1. The summed E-state index contributed by atoms with van der Waals surface area (Å²) in [6, 6.07) is 39.5. The normalized spacial score (nSPS) is 13.7. The fourth-order valence-corrected chi connectivity index (χ4v) is 7.96. The van der Waals surface area contributed by atoms with Crippen molar-refractivity contribution in [3.05, 3.63) is 156 Å². The quantitative estimate of drug-likeness (QED) is 0.125. The van der Waals surface area contributed by atoms with E-state index in [1.54, 1.807) is 60.7 Å². The maximum atomic E-state index is 14.8. The number of nitrogens with one attached hydrogen (secondary N) is 1. The molecule has 0 saturated heterocycles. The van der Waals surface area contributed by atoms with Gasteiger partial charge in [-0.25, -0.2) is 8.42 Å². The van der Waals surface area contributed by atoms with E-state index in [1.807, 2.05) is 66.7 Å². The van der Waals surface area contributed by atoms with Gasteiger partial charge in [-0.2, -0.15) is 0 Å². The minimum absolute atomic E-state index is 0.0190. The van der Waals surface area contributed by atoms with Crippen molar-refractivity contribution in [2.45, 2.75) is 55.6 Å². The van der Waals surface area contributed by atoms with Crippen molar-refractivity contribution in [1.29, 1.82) is 0 Å². The van der Waals surface area contributed by atoms with Crippen LogP contribution in [-0.2, 0) is 32.6 Å². The van der Waals surface area contributed by atoms with E-state index in [2.05, 4.69) is 5.32 Å². The molecule has 51 heavy (non-hydrogen) atoms. The zero-order valence-corrected chi connectivity index (χ0v) is 29.7. The maximum absolute atomic E-state index is 14.8. The third kappa shape index (κ3) is 9.36. The molecule has 6 rings (SSSR count). The predicted molar refractivity (Wildman–Crippen MR) is 200 cm³/mol. The first kappa shape index (κ1) is 35.7. The van der Waals surface area contributed by atoms with Gasteiger partial charge in [-0.15, -0.1) is 0 Å². The van der Waals surface area contributed by atoms with Crippen molar-refractivity contribution >= 4 is 39.1 Å². The lowest BCUT2D eigenvalue weighted by atomic mass is 10.0. The molecule has 1 saturated carbocycles. The Morgan fingerprint density at radius 1 is 0.745 bits per heavy atom. The number of para-hydroxylation sites is 1. The van der Waals surface area contributed by atoms with E-state index in [1.165, 1.54) is 17.0 Å². The molecule has 0 radical (unpaired) electrons. The summed E-state index contributed by atoms with van der Waals surface area (Å²) in [6.45, 7) is -0.517. The monoisotopic (exact) mass is 721 g/mol. The largest absolute Gasteiger partial charge is 0.457 e. The van der Waals surface area contributed by atoms with E-state index < -0.39 is 28.5 Å². The first-order valence-electron chi connectivity index (χ1n) is 17.1. The van der Waals surface area contributed by atoms with Crippen LogP contribution in [0.3, 0.4) is 0 Å². The second kappa shape index (κ2) is 16.7. The van der Waals surface area contributed by atoms with E-state index in [0.29, 0.717) is 22.1 Å². The zero-order chi connectivity index (χ0) is 35.6. The summed E-state index contributed by atoms with van der Waals surface area (Å²) >= 11 is 6.37. The second-order valence-electron chi connectivity index (χ2n) is 12.6. The highest BCUT2D eigenvalue weighted by atomic mass is 35.5. The molecule has 1 aliphatic rings. The van der Waals surface area contributed by atoms with Crippen LogP contribution < -0.4 is 14.4 Å². The van der Waals surface area contributed by atoms with Gasteiger partial charge in [0.15, 0.2) is 0 Å². The summed E-state index contributed by atoms with van der Waals surface area (Å²) in [6.07, 6.45) is 4.04. The minimum Gasteiger partial charge on any atom is -0.457 e. The molecule has 5 aromatic carbocycles. The number of amides is 2. The fourth-order valence-electron chi connectivity index (χ4n) is 6.31. The number of nitrogens with zero attached hydrogens (tertiary/aromatic N) is 2. The third-order valence-electron chi connectivity index (χ3n) is 8.93. The number of anilines is 1. The first-order valence-corrected chi connectivity index (χ1v) is 18.9. The Balaban J connectivity index is 1.38. The number of benzene rings is 5. The molecule has 0 aliphatic heterocycles. The van der Waals surface area contributed by atoms with Gasteiger partial charge < -0.3 is 15.0 Å². The number of rotatable bonds is 14. The predicted octanol–water partition coefficient (Wildman–Crippen LogP) is 8.03. The highest BCUT2D eigenvalue weighted by Crippen LogP contribution is 2.29. The molecule has 5 aromatic rings. The lowest BCUT2D eigenvalue weighted by Gasteiger charge is -2.34. The van der Waals surface area contributed by atoms with Crippen LogP contribution in [0, 0.1) is 0 Å². The van der Waals surface area contributed by atoms with E-state index >= 15 is 0 Å². The molecular weight excluding hydrogens is 682 g/mol. The van der Waals surface area contributed by atoms with Crippen molar-refractivity contribution in [3.63, 3.8) is 0 Å². The van der Waals surface area contributed by atoms with Crippen LogP contribution in [-0.4, -0.2) is 43.8 Å². The van der Waals surface area contributed by atoms with E-state index in [-0.39, 0.29) is 35.5 Å². The van der Waals surface area contributed by atoms with E-state index in [4.69, 9.17) is 16.3 Å². The van der Waals surface area contributed by atoms with Crippen molar-refractivity contribution in [2.75, 3.05) is 10.8 Å². The Kier molecular flexibility index (Phi) is 11.7. The van der Waals surface area contributed by atoms with Crippen molar-refractivity contribution in [3.8, 4) is 11.5 Å². The number of ether oxygens (including phenoxy) is 1. The number of sulfonamides is 1. The topological polar surface area (TPSA) is 96.0 Å². The molecule has 8 nitrogen and oxygen atoms in total. The molecule has 2 amide bonds. The van der Waals surface area contributed by atoms with Crippen LogP contribution >= 0.6 is 11.6 Å². The lowest BCUT2D eigenvalue weighted by molar-refractivity contribution is -0.140. The molecule has 0 spiro atoms. The molecular formula is C41H40ClN3O5S. The Morgan fingerprint density at radius 3 is 1.98 bits per heavy atom. The molecule has 1 fully saturated rings. The van der Waals surface area contributed by atoms with Gasteiger partial charge in [0.05, 0.1) is 10.6 Å². The molecule has 1 aliphatic carbocycles. The average molecular weight is 722 g/mol. The number of hydrogen-bond donors (Lipinski definition) is 1. The first-order chi connectivity index (χ1) is 24.8. The van der Waals surface area contributed by atoms with E-state index in [0.717, 1.165) is 35.6 Å². The molecule has 1 atom stereocenters. The summed E-state index contributed by atoms with van der Waals surface area (Å²) in [5, 5.41) is 3.68. The van der Waals surface area contributed by atoms with Gasteiger partial charge in [0.2, 0.25) is 11.8 Å². The molecule has 0 unspecified atom stereocenters. The molecule has 0 aromatic heterocycles. The highest BCUT2D eigenvalue weighted by molar-refractivity contribution is 7.92. The third-order valence-corrected chi connectivity index (χ3v) is 11.0. The Morgan fingerprint density at radius 2 is 1.33 bits per heavy atom. The smallest absolute Gasteiger partial charge is 0.264 e. The Labute approximate surface area is 304 Å². The lowest BCUT2D eigenvalue weighted by Crippen LogP contribution is -2.54. The molecule has 10 heteroatoms. The molecule has 1 N–H and O–H groups in total. The van der Waals surface area contributed by atoms with Gasteiger partial charge in [-0.05, 0) is 84.6 Å². The summed E-state index contributed by atoms with van der Waals surface area (Å²) in [5.74, 6) is 0.316. The molecule has 262 valence electrons. The maximum Gasteiger partial charge on any atom is 0.264 e. The molecule has 0 heterocycles. The zero-order valence-electron chi connectivity index (χ0n) is 28.1. The van der Waals surface area contributed by atoms with Crippen LogP contribution in [0.1, 0.15) is 36.8 Å². The van der Waals surface area contributed by atoms with Crippen molar-refractivity contribution < 1.29 is 22.7 Å². The summed E-state index contributed by atoms with van der Waals surface area (Å²) in [7, 11) is -4.23. The van der Waals surface area contributed by atoms with Crippen molar-refractivity contribution in [1.82, 2.24) is 10.2 Å². The summed E-state index contributed by atoms with van der Waals surface area (Å²) in [5.41, 5.74) is 1.85. The van der Waals surface area contributed by atoms with Gasteiger partial charge in [-0.1, -0.05) is 103 Å². The van der Waals surface area contributed by atoms with Gasteiger partial charge in [-0.3, -0.25) is 13.9 Å². The number of carbonyl (C=O) groups excluding carboxylic acids is 2. The summed E-state index contributed by atoms with van der Waals surface area (Å²) in [4.78, 5) is 30.5. The second-order valence-corrected chi connectivity index (χ2v) is 14.9. The number of hydrogen-bond acceptors (Lipinski definition) is 5. The standard InChI is InChI=1S/C41H40ClN3O5S/c42-33-16-12-15-32(27-33)29-44(39(28-31-13-4-1-5-14-31)41(47)43-34-17-10-11-18-34)40(46)30-45(51(48,49)38-21-8-3-9-22-38)35-23-25-37(26-24-35)50-36-19-6-2-7-20-36/h1-9,12-16,19-27,34,39H,10-11,17-18,28-30H2,(H,43,47)/t39-/m1/s1. The van der Waals surface area contributed by atoms with Crippen LogP contribution in [0.4, 0.5) is 5.69 Å². The summed E-state index contributed by atoms with van der Waals surface area (Å²) < 4.78 is 35.7. The number of halogens is 1. The van der Waals surface area contributed by atoms with Crippen molar-refractivity contribution in [2.24, 2.45) is 0 Å². The Hall–Kier alpha value is -5.12. The van der Waals surface area contributed by atoms with Crippen LogP contribution in [0.5, 0.6) is 11.5 Å². The van der Waals surface area contributed by atoms with Crippen LogP contribution in [0.15, 0.2) is 144 Å². The highest BCUT2D eigenvalue weighted by Gasteiger charge is 2.35. The fraction of sp³-hybridized carbons (Fsp3) is 0.220. The van der Waals surface area contributed by atoms with Gasteiger partial charge in [0.1, 0.15) is 24.1 Å². The van der Waals surface area contributed by atoms with Crippen LogP contribution in [0.25, 0.3) is 0 Å². The van der Waals surface area contributed by atoms with Gasteiger partial charge in [0.25, 0.3) is 10.0 Å². The minimum atomic E-state index is -4.23. The Bertz CT molecular complexity index is 2010. The van der Waals surface area contributed by atoms with Gasteiger partial charge in [0, 0.05) is 24.0 Å². The van der Waals surface area contributed by atoms with E-state index in [9.17, 15) is 18.0 Å².